The second-order valence-corrected chi connectivity index (χ2v) is 4.88. The lowest BCUT2D eigenvalue weighted by atomic mass is 9.99. The van der Waals surface area contributed by atoms with Gasteiger partial charge < -0.3 is 10.1 Å². The summed E-state index contributed by atoms with van der Waals surface area (Å²) in [5, 5.41) is 3.39. The van der Waals surface area contributed by atoms with Gasteiger partial charge in [0.2, 0.25) is 0 Å². The summed E-state index contributed by atoms with van der Waals surface area (Å²) in [5.74, 6) is 1.51. The summed E-state index contributed by atoms with van der Waals surface area (Å²) in [6.07, 6.45) is 2.28. The predicted molar refractivity (Wildman–Crippen MR) is 79.1 cm³/mol. The first kappa shape index (κ1) is 14.8. The fraction of sp³-hybridized carbons (Fsp3) is 0.500. The minimum absolute atomic E-state index is 0.562. The fourth-order valence-corrected chi connectivity index (χ4v) is 1.90. The number of ether oxygens (including phenoxy) is 1. The Hall–Kier alpha value is -1.28. The molecule has 0 radical (unpaired) electrons. The number of nitrogens with one attached hydrogen (secondary N) is 1. The number of hydrogen-bond donors (Lipinski definition) is 1. The van der Waals surface area contributed by atoms with Gasteiger partial charge >= 0.3 is 0 Å². The Morgan fingerprint density at radius 2 is 2.11 bits per heavy atom. The molecule has 0 aliphatic heterocycles. The molecule has 0 saturated carbocycles. The van der Waals surface area contributed by atoms with Crippen LogP contribution in [0.5, 0.6) is 5.75 Å². The summed E-state index contributed by atoms with van der Waals surface area (Å²) in [7, 11) is 1.71. The average molecular weight is 247 g/mol. The number of rotatable bonds is 6. The first-order valence-electron chi connectivity index (χ1n) is 6.64. The quantitative estimate of drug-likeness (QED) is 0.828. The number of methoxy groups -OCH3 is 1. The summed E-state index contributed by atoms with van der Waals surface area (Å²) >= 11 is 0. The summed E-state index contributed by atoms with van der Waals surface area (Å²) in [5.41, 5.74) is 3.86. The molecule has 2 heteroatoms. The third-order valence-corrected chi connectivity index (χ3v) is 3.09. The molecule has 0 aliphatic carbocycles. The van der Waals surface area contributed by atoms with Crippen molar-refractivity contribution < 1.29 is 4.74 Å². The van der Waals surface area contributed by atoms with Gasteiger partial charge in [0.05, 0.1) is 7.11 Å². The SMILES string of the molecule is CCNCC(=Cc1ccc(OC)c(C)c1)C(C)C. The van der Waals surface area contributed by atoms with Gasteiger partial charge in [-0.2, -0.15) is 0 Å². The third kappa shape index (κ3) is 4.19. The summed E-state index contributed by atoms with van der Waals surface area (Å²) in [6, 6.07) is 6.32. The molecule has 0 spiro atoms. The molecular weight excluding hydrogens is 222 g/mol. The van der Waals surface area contributed by atoms with Crippen LogP contribution in [0.15, 0.2) is 23.8 Å². The van der Waals surface area contributed by atoms with Gasteiger partial charge in [0, 0.05) is 6.54 Å². The molecule has 1 rings (SSSR count). The van der Waals surface area contributed by atoms with Gasteiger partial charge in [-0.25, -0.2) is 0 Å². The van der Waals surface area contributed by atoms with Gasteiger partial charge in [-0.15, -0.1) is 0 Å². The lowest BCUT2D eigenvalue weighted by molar-refractivity contribution is 0.411. The molecule has 0 bridgehead atoms. The maximum absolute atomic E-state index is 5.28. The Labute approximate surface area is 111 Å². The molecule has 0 unspecified atom stereocenters. The van der Waals surface area contributed by atoms with Crippen molar-refractivity contribution in [1.82, 2.24) is 5.32 Å². The van der Waals surface area contributed by atoms with Crippen LogP contribution in [0.25, 0.3) is 6.08 Å². The van der Waals surface area contributed by atoms with E-state index in [-0.39, 0.29) is 0 Å². The lowest BCUT2D eigenvalue weighted by Gasteiger charge is -2.13. The summed E-state index contributed by atoms with van der Waals surface area (Å²) < 4.78 is 5.28. The van der Waals surface area contributed by atoms with Crippen LogP contribution in [0, 0.1) is 12.8 Å². The van der Waals surface area contributed by atoms with Crippen LogP contribution >= 0.6 is 0 Å². The highest BCUT2D eigenvalue weighted by Crippen LogP contribution is 2.21. The highest BCUT2D eigenvalue weighted by molar-refractivity contribution is 5.56. The zero-order chi connectivity index (χ0) is 13.5. The van der Waals surface area contributed by atoms with Gasteiger partial charge in [-0.3, -0.25) is 0 Å². The van der Waals surface area contributed by atoms with E-state index in [1.165, 1.54) is 16.7 Å². The number of aryl methyl sites for hydroxylation is 1. The maximum Gasteiger partial charge on any atom is 0.121 e. The van der Waals surface area contributed by atoms with E-state index in [0.717, 1.165) is 18.8 Å². The second kappa shape index (κ2) is 7.22. The van der Waals surface area contributed by atoms with Crippen molar-refractivity contribution in [3.05, 3.63) is 34.9 Å². The topological polar surface area (TPSA) is 21.3 Å². The van der Waals surface area contributed by atoms with Crippen LogP contribution in [-0.4, -0.2) is 20.2 Å². The second-order valence-electron chi connectivity index (χ2n) is 4.88. The van der Waals surface area contributed by atoms with Crippen molar-refractivity contribution in [1.29, 1.82) is 0 Å². The Kier molecular flexibility index (Phi) is 5.93. The van der Waals surface area contributed by atoms with E-state index in [1.54, 1.807) is 7.11 Å². The van der Waals surface area contributed by atoms with E-state index in [2.05, 4.69) is 51.2 Å². The van der Waals surface area contributed by atoms with Gasteiger partial charge in [0.15, 0.2) is 0 Å². The predicted octanol–water partition coefficient (Wildman–Crippen LogP) is 3.65. The van der Waals surface area contributed by atoms with E-state index in [0.29, 0.717) is 5.92 Å². The smallest absolute Gasteiger partial charge is 0.121 e. The molecule has 1 aromatic rings. The molecule has 0 saturated heterocycles. The summed E-state index contributed by atoms with van der Waals surface area (Å²) in [4.78, 5) is 0. The van der Waals surface area contributed by atoms with Gasteiger partial charge in [-0.1, -0.05) is 38.5 Å². The number of benzene rings is 1. The number of hydrogen-bond acceptors (Lipinski definition) is 2. The zero-order valence-corrected chi connectivity index (χ0v) is 12.2. The van der Waals surface area contributed by atoms with Crippen molar-refractivity contribution in [3.63, 3.8) is 0 Å². The van der Waals surface area contributed by atoms with Crippen LogP contribution in [-0.2, 0) is 0 Å². The largest absolute Gasteiger partial charge is 0.496 e. The van der Waals surface area contributed by atoms with Crippen molar-refractivity contribution in [2.75, 3.05) is 20.2 Å². The van der Waals surface area contributed by atoms with Crippen LogP contribution < -0.4 is 10.1 Å². The minimum atomic E-state index is 0.562. The highest BCUT2D eigenvalue weighted by atomic mass is 16.5. The van der Waals surface area contributed by atoms with Gasteiger partial charge in [0.25, 0.3) is 0 Å². The van der Waals surface area contributed by atoms with E-state index in [4.69, 9.17) is 4.74 Å². The maximum atomic E-state index is 5.28. The Morgan fingerprint density at radius 1 is 1.39 bits per heavy atom. The Bertz CT molecular complexity index is 408. The molecule has 0 aromatic heterocycles. The van der Waals surface area contributed by atoms with Crippen molar-refractivity contribution in [2.45, 2.75) is 27.7 Å². The van der Waals surface area contributed by atoms with E-state index >= 15 is 0 Å². The molecule has 18 heavy (non-hydrogen) atoms. The van der Waals surface area contributed by atoms with E-state index in [9.17, 15) is 0 Å². The van der Waals surface area contributed by atoms with Crippen molar-refractivity contribution in [2.24, 2.45) is 5.92 Å². The van der Waals surface area contributed by atoms with Gasteiger partial charge in [-0.05, 0) is 42.6 Å². The van der Waals surface area contributed by atoms with Crippen LogP contribution in [0.1, 0.15) is 31.9 Å². The van der Waals surface area contributed by atoms with Gasteiger partial charge in [0.1, 0.15) is 5.75 Å². The average Bonchev–Trinajstić information content (AvgIpc) is 2.34. The van der Waals surface area contributed by atoms with Crippen LogP contribution in [0.4, 0.5) is 0 Å². The Balaban J connectivity index is 2.93. The van der Waals surface area contributed by atoms with E-state index < -0.39 is 0 Å². The van der Waals surface area contributed by atoms with E-state index in [1.807, 2.05) is 6.07 Å². The summed E-state index contributed by atoms with van der Waals surface area (Å²) in [6.45, 7) is 10.6. The minimum Gasteiger partial charge on any atom is -0.496 e. The molecule has 1 aromatic carbocycles. The van der Waals surface area contributed by atoms with Crippen LogP contribution in [0.2, 0.25) is 0 Å². The molecule has 100 valence electrons. The molecule has 0 atom stereocenters. The van der Waals surface area contributed by atoms with Crippen molar-refractivity contribution in [3.8, 4) is 5.75 Å². The number of likely N-dealkylation sites (N-methyl/N-ethyl adjacent to an activating group) is 1. The molecule has 0 fully saturated rings. The first-order chi connectivity index (χ1) is 8.58. The lowest BCUT2D eigenvalue weighted by Crippen LogP contribution is -2.18. The molecule has 2 nitrogen and oxygen atoms in total. The third-order valence-electron chi connectivity index (χ3n) is 3.09. The zero-order valence-electron chi connectivity index (χ0n) is 12.2. The van der Waals surface area contributed by atoms with Crippen molar-refractivity contribution >= 4 is 6.08 Å². The normalized spacial score (nSPS) is 12.0. The monoisotopic (exact) mass is 247 g/mol. The highest BCUT2D eigenvalue weighted by Gasteiger charge is 2.04. The standard InChI is InChI=1S/C16H25NO/c1-6-17-11-15(12(2)3)10-14-7-8-16(18-5)13(4)9-14/h7-10,12,17H,6,11H2,1-5H3. The molecule has 1 N–H and O–H groups in total. The molecule has 0 amide bonds. The fourth-order valence-electron chi connectivity index (χ4n) is 1.90. The first-order valence-corrected chi connectivity index (χ1v) is 6.64. The molecule has 0 aliphatic rings. The molecular formula is C16H25NO. The molecule has 0 heterocycles. The Morgan fingerprint density at radius 3 is 2.61 bits per heavy atom. The van der Waals surface area contributed by atoms with Crippen LogP contribution in [0.3, 0.4) is 0 Å².